The maximum atomic E-state index is 11.7. The molecule has 3 heteroatoms. The van der Waals surface area contributed by atoms with Crippen LogP contribution < -0.4 is 0 Å². The first-order chi connectivity index (χ1) is 6.20. The van der Waals surface area contributed by atoms with Crippen molar-refractivity contribution in [3.8, 4) is 0 Å². The van der Waals surface area contributed by atoms with Crippen molar-refractivity contribution in [1.29, 1.82) is 0 Å². The van der Waals surface area contributed by atoms with Crippen LogP contribution in [0.2, 0.25) is 0 Å². The highest BCUT2D eigenvalue weighted by Crippen LogP contribution is 2.32. The van der Waals surface area contributed by atoms with Crippen molar-refractivity contribution in [3.05, 3.63) is 0 Å². The van der Waals surface area contributed by atoms with E-state index in [1.54, 1.807) is 0 Å². The highest BCUT2D eigenvalue weighted by molar-refractivity contribution is 5.85. The van der Waals surface area contributed by atoms with Crippen molar-refractivity contribution in [3.63, 3.8) is 0 Å². The van der Waals surface area contributed by atoms with Gasteiger partial charge in [-0.05, 0) is 19.4 Å². The van der Waals surface area contributed by atoms with Crippen LogP contribution in [0.5, 0.6) is 0 Å². The summed E-state index contributed by atoms with van der Waals surface area (Å²) in [7, 11) is 0. The Labute approximate surface area is 78.7 Å². The second-order valence-electron chi connectivity index (χ2n) is 4.27. The van der Waals surface area contributed by atoms with E-state index in [1.807, 2.05) is 0 Å². The van der Waals surface area contributed by atoms with E-state index >= 15 is 0 Å². The third kappa shape index (κ3) is 1.63. The average molecular weight is 183 g/mol. The lowest BCUT2D eigenvalue weighted by molar-refractivity contribution is -0.138. The van der Waals surface area contributed by atoms with Crippen LogP contribution in [0.25, 0.3) is 0 Å². The first kappa shape index (κ1) is 9.16. The van der Waals surface area contributed by atoms with E-state index in [4.69, 9.17) is 5.11 Å². The number of nitrogens with zero attached hydrogens (tertiary/aromatic N) is 1. The Morgan fingerprint density at radius 1 is 1.38 bits per heavy atom. The molecule has 1 saturated heterocycles. The molecule has 1 aliphatic carbocycles. The van der Waals surface area contributed by atoms with Crippen LogP contribution in [0, 0.1) is 11.8 Å². The quantitative estimate of drug-likeness (QED) is 0.683. The summed E-state index contributed by atoms with van der Waals surface area (Å²) in [6.07, 6.45) is 1.22. The fourth-order valence-corrected chi connectivity index (χ4v) is 2.16. The smallest absolute Gasteiger partial charge is 0.141 e. The molecule has 0 aromatic heterocycles. The van der Waals surface area contributed by atoms with Crippen LogP contribution in [0.3, 0.4) is 0 Å². The summed E-state index contributed by atoms with van der Waals surface area (Å²) in [5, 5.41) is 9.08. The molecule has 0 aromatic carbocycles. The van der Waals surface area contributed by atoms with E-state index < -0.39 is 0 Å². The predicted octanol–water partition coefficient (Wildman–Crippen LogP) is 0.278. The van der Waals surface area contributed by atoms with Crippen LogP contribution in [0.15, 0.2) is 0 Å². The Bertz CT molecular complexity index is 205. The fraction of sp³-hybridized carbons (Fsp3) is 0.900. The van der Waals surface area contributed by atoms with Crippen LogP contribution in [-0.2, 0) is 4.79 Å². The zero-order valence-corrected chi connectivity index (χ0v) is 8.07. The Hall–Kier alpha value is -0.410. The highest BCUT2D eigenvalue weighted by Gasteiger charge is 2.40. The molecule has 2 aliphatic rings. The van der Waals surface area contributed by atoms with E-state index in [9.17, 15) is 4.79 Å². The summed E-state index contributed by atoms with van der Waals surface area (Å²) in [6, 6.07) is 0. The summed E-state index contributed by atoms with van der Waals surface area (Å²) in [4.78, 5) is 14.0. The van der Waals surface area contributed by atoms with Gasteiger partial charge in [-0.15, -0.1) is 0 Å². The molecule has 74 valence electrons. The Balaban J connectivity index is 1.74. The molecule has 1 aliphatic heterocycles. The molecule has 0 atom stereocenters. The van der Waals surface area contributed by atoms with Gasteiger partial charge in [-0.25, -0.2) is 0 Å². The monoisotopic (exact) mass is 183 g/mol. The lowest BCUT2D eigenvalue weighted by Gasteiger charge is -2.41. The number of hydrogen-bond acceptors (Lipinski definition) is 3. The molecule has 0 amide bonds. The van der Waals surface area contributed by atoms with E-state index in [1.165, 1.54) is 0 Å². The topological polar surface area (TPSA) is 40.5 Å². The van der Waals surface area contributed by atoms with E-state index in [0.717, 1.165) is 19.6 Å². The molecule has 13 heavy (non-hydrogen) atoms. The largest absolute Gasteiger partial charge is 0.393 e. The van der Waals surface area contributed by atoms with Gasteiger partial charge in [-0.2, -0.15) is 0 Å². The number of ketones is 1. The van der Waals surface area contributed by atoms with Gasteiger partial charge in [0.15, 0.2) is 0 Å². The van der Waals surface area contributed by atoms with Gasteiger partial charge >= 0.3 is 0 Å². The summed E-state index contributed by atoms with van der Waals surface area (Å²) < 4.78 is 0. The van der Waals surface area contributed by atoms with E-state index in [-0.39, 0.29) is 17.9 Å². The molecule has 2 rings (SSSR count). The second-order valence-corrected chi connectivity index (χ2v) is 4.27. The van der Waals surface area contributed by atoms with Gasteiger partial charge in [0.2, 0.25) is 0 Å². The minimum absolute atomic E-state index is 0.180. The Morgan fingerprint density at radius 2 is 2.00 bits per heavy atom. The zero-order chi connectivity index (χ0) is 9.42. The molecule has 0 aromatic rings. The summed E-state index contributed by atoms with van der Waals surface area (Å²) in [5.74, 6) is 0.853. The third-order valence-corrected chi connectivity index (χ3v) is 3.32. The first-order valence-corrected chi connectivity index (χ1v) is 5.14. The van der Waals surface area contributed by atoms with Crippen LogP contribution >= 0.6 is 0 Å². The van der Waals surface area contributed by atoms with Gasteiger partial charge in [-0.3, -0.25) is 4.79 Å². The molecule has 0 unspecified atom stereocenters. The molecule has 1 saturated carbocycles. The molecule has 1 N–H and O–H groups in total. The Morgan fingerprint density at radius 3 is 2.46 bits per heavy atom. The lowest BCUT2D eigenvalue weighted by Crippen LogP contribution is -2.53. The number of carbonyl (C=O) groups is 1. The summed E-state index contributed by atoms with van der Waals surface area (Å²) in [5.41, 5.74) is 0. The van der Waals surface area contributed by atoms with Crippen LogP contribution in [-0.4, -0.2) is 41.5 Å². The molecule has 0 radical (unpaired) electrons. The van der Waals surface area contributed by atoms with Crippen molar-refractivity contribution in [2.24, 2.45) is 11.8 Å². The third-order valence-electron chi connectivity index (χ3n) is 3.32. The second kappa shape index (κ2) is 3.39. The number of aliphatic hydroxyl groups is 1. The summed E-state index contributed by atoms with van der Waals surface area (Å²) in [6.45, 7) is 5.06. The molecule has 0 bridgehead atoms. The van der Waals surface area contributed by atoms with Gasteiger partial charge < -0.3 is 10.0 Å². The minimum Gasteiger partial charge on any atom is -0.393 e. The van der Waals surface area contributed by atoms with Gasteiger partial charge in [0.1, 0.15) is 5.78 Å². The van der Waals surface area contributed by atoms with E-state index in [0.29, 0.717) is 18.6 Å². The number of hydrogen-bond donors (Lipinski definition) is 1. The van der Waals surface area contributed by atoms with Gasteiger partial charge in [0.25, 0.3) is 0 Å². The van der Waals surface area contributed by atoms with Gasteiger partial charge in [0.05, 0.1) is 6.10 Å². The molecular weight excluding hydrogens is 166 g/mol. The van der Waals surface area contributed by atoms with Crippen LogP contribution in [0.1, 0.15) is 19.8 Å². The SMILES string of the molecule is CCN1CC(C(=O)C2CC(O)C2)C1. The fourth-order valence-electron chi connectivity index (χ4n) is 2.16. The molecule has 1 heterocycles. The van der Waals surface area contributed by atoms with Gasteiger partial charge in [-0.1, -0.05) is 6.92 Å². The zero-order valence-electron chi connectivity index (χ0n) is 8.07. The molecular formula is C10H17NO2. The minimum atomic E-state index is -0.198. The number of aliphatic hydroxyl groups excluding tert-OH is 1. The maximum absolute atomic E-state index is 11.7. The Kier molecular flexibility index (Phi) is 2.39. The van der Waals surface area contributed by atoms with Crippen molar-refractivity contribution in [1.82, 2.24) is 4.90 Å². The van der Waals surface area contributed by atoms with Crippen molar-refractivity contribution >= 4 is 5.78 Å². The van der Waals surface area contributed by atoms with Crippen molar-refractivity contribution in [2.75, 3.05) is 19.6 Å². The molecule has 3 nitrogen and oxygen atoms in total. The van der Waals surface area contributed by atoms with Crippen LogP contribution in [0.4, 0.5) is 0 Å². The first-order valence-electron chi connectivity index (χ1n) is 5.14. The summed E-state index contributed by atoms with van der Waals surface area (Å²) >= 11 is 0. The molecule has 2 fully saturated rings. The average Bonchev–Trinajstić information content (AvgIpc) is 1.96. The molecule has 0 spiro atoms. The normalized spacial score (nSPS) is 35.2. The van der Waals surface area contributed by atoms with Gasteiger partial charge in [0, 0.05) is 24.9 Å². The standard InChI is InChI=1S/C10H17NO2/c1-2-11-5-8(6-11)10(13)7-3-9(12)4-7/h7-9,12H,2-6H2,1H3. The number of Topliss-reactive ketones (excluding diaryl/α,β-unsaturated/α-hetero) is 1. The van der Waals surface area contributed by atoms with Crippen molar-refractivity contribution < 1.29 is 9.90 Å². The van der Waals surface area contributed by atoms with E-state index in [2.05, 4.69) is 11.8 Å². The highest BCUT2D eigenvalue weighted by atomic mass is 16.3. The maximum Gasteiger partial charge on any atom is 0.141 e. The lowest BCUT2D eigenvalue weighted by atomic mass is 9.74. The van der Waals surface area contributed by atoms with Crippen molar-refractivity contribution in [2.45, 2.75) is 25.9 Å². The number of likely N-dealkylation sites (tertiary alicyclic amines) is 1. The number of carbonyl (C=O) groups excluding carboxylic acids is 1. The predicted molar refractivity (Wildman–Crippen MR) is 49.3 cm³/mol. The number of rotatable bonds is 3.